The van der Waals surface area contributed by atoms with Crippen LogP contribution in [0.25, 0.3) is 0 Å². The third-order valence-corrected chi connectivity index (χ3v) is 3.86. The summed E-state index contributed by atoms with van der Waals surface area (Å²) >= 11 is 0. The van der Waals surface area contributed by atoms with Gasteiger partial charge in [-0.2, -0.15) is 0 Å². The van der Waals surface area contributed by atoms with Crippen LogP contribution in [0.5, 0.6) is 0 Å². The van der Waals surface area contributed by atoms with Gasteiger partial charge in [0.15, 0.2) is 0 Å². The number of rotatable bonds is 1. The average molecular weight is 275 g/mol. The number of urea groups is 1. The van der Waals surface area contributed by atoms with Crippen molar-refractivity contribution in [2.45, 2.75) is 20.8 Å². The van der Waals surface area contributed by atoms with E-state index in [4.69, 9.17) is 0 Å². The smallest absolute Gasteiger partial charge is 0.321 e. The molecule has 1 saturated heterocycles. The molecule has 2 rings (SSSR count). The molecule has 5 heteroatoms. The molecule has 3 amide bonds. The molecule has 1 aliphatic heterocycles. The monoisotopic (exact) mass is 275 g/mol. The molecular formula is C15H21N3O2. The molecule has 1 aromatic carbocycles. The summed E-state index contributed by atoms with van der Waals surface area (Å²) in [7, 11) is 0. The second kappa shape index (κ2) is 5.94. The lowest BCUT2D eigenvalue weighted by atomic mass is 10.1. The highest BCUT2D eigenvalue weighted by Gasteiger charge is 2.22. The van der Waals surface area contributed by atoms with Crippen LogP contribution in [-0.2, 0) is 4.79 Å². The Hall–Kier alpha value is -2.04. The fourth-order valence-corrected chi connectivity index (χ4v) is 2.31. The van der Waals surface area contributed by atoms with Crippen molar-refractivity contribution in [3.63, 3.8) is 0 Å². The highest BCUT2D eigenvalue weighted by atomic mass is 16.2. The first-order valence-electron chi connectivity index (χ1n) is 6.86. The minimum atomic E-state index is -0.0955. The topological polar surface area (TPSA) is 52.7 Å². The van der Waals surface area contributed by atoms with Gasteiger partial charge in [0, 0.05) is 38.8 Å². The molecule has 1 aliphatic rings. The number of anilines is 1. The number of nitrogens with zero attached hydrogens (tertiary/aromatic N) is 2. The maximum Gasteiger partial charge on any atom is 0.321 e. The van der Waals surface area contributed by atoms with E-state index in [0.717, 1.165) is 16.8 Å². The molecule has 1 aromatic rings. The van der Waals surface area contributed by atoms with Crippen LogP contribution in [0.15, 0.2) is 18.2 Å². The molecule has 0 aliphatic carbocycles. The Morgan fingerprint density at radius 2 is 1.65 bits per heavy atom. The summed E-state index contributed by atoms with van der Waals surface area (Å²) in [5.41, 5.74) is 3.09. The summed E-state index contributed by atoms with van der Waals surface area (Å²) in [5, 5.41) is 2.95. The van der Waals surface area contributed by atoms with Gasteiger partial charge in [-0.1, -0.05) is 12.1 Å². The van der Waals surface area contributed by atoms with Crippen LogP contribution in [0.1, 0.15) is 18.1 Å². The van der Waals surface area contributed by atoms with E-state index in [-0.39, 0.29) is 11.9 Å². The van der Waals surface area contributed by atoms with Gasteiger partial charge in [-0.15, -0.1) is 0 Å². The van der Waals surface area contributed by atoms with Gasteiger partial charge in [0.1, 0.15) is 0 Å². The molecule has 1 heterocycles. The number of piperazine rings is 1. The second-order valence-corrected chi connectivity index (χ2v) is 5.17. The summed E-state index contributed by atoms with van der Waals surface area (Å²) in [6, 6.07) is 5.77. The summed E-state index contributed by atoms with van der Waals surface area (Å²) in [6.07, 6.45) is 0. The van der Waals surface area contributed by atoms with Crippen LogP contribution in [0.3, 0.4) is 0 Å². The van der Waals surface area contributed by atoms with Gasteiger partial charge in [-0.25, -0.2) is 4.79 Å². The maximum atomic E-state index is 12.2. The SMILES string of the molecule is CC(=O)N1CCN(C(=O)Nc2cccc(C)c2C)CC1. The number of benzene rings is 1. The molecular weight excluding hydrogens is 254 g/mol. The van der Waals surface area contributed by atoms with Crippen LogP contribution in [0.2, 0.25) is 0 Å². The van der Waals surface area contributed by atoms with Crippen molar-refractivity contribution in [3.05, 3.63) is 29.3 Å². The lowest BCUT2D eigenvalue weighted by Gasteiger charge is -2.34. The first-order chi connectivity index (χ1) is 9.49. The van der Waals surface area contributed by atoms with E-state index in [0.29, 0.717) is 26.2 Å². The largest absolute Gasteiger partial charge is 0.339 e. The van der Waals surface area contributed by atoms with Gasteiger partial charge >= 0.3 is 6.03 Å². The number of amides is 3. The molecule has 0 saturated carbocycles. The fourth-order valence-electron chi connectivity index (χ4n) is 2.31. The van der Waals surface area contributed by atoms with Crippen LogP contribution in [-0.4, -0.2) is 47.9 Å². The van der Waals surface area contributed by atoms with Crippen LogP contribution in [0, 0.1) is 13.8 Å². The quantitative estimate of drug-likeness (QED) is 0.852. The normalized spacial score (nSPS) is 15.2. The van der Waals surface area contributed by atoms with E-state index in [1.54, 1.807) is 16.7 Å². The van der Waals surface area contributed by atoms with Gasteiger partial charge in [0.2, 0.25) is 5.91 Å². The van der Waals surface area contributed by atoms with E-state index in [2.05, 4.69) is 5.32 Å². The third kappa shape index (κ3) is 3.10. The Balaban J connectivity index is 1.96. The number of nitrogens with one attached hydrogen (secondary N) is 1. The minimum Gasteiger partial charge on any atom is -0.339 e. The van der Waals surface area contributed by atoms with Crippen molar-refractivity contribution < 1.29 is 9.59 Å². The van der Waals surface area contributed by atoms with Crippen LogP contribution < -0.4 is 5.32 Å². The summed E-state index contributed by atoms with van der Waals surface area (Å²) in [4.78, 5) is 27.0. The zero-order valence-electron chi connectivity index (χ0n) is 12.3. The lowest BCUT2D eigenvalue weighted by Crippen LogP contribution is -2.51. The van der Waals surface area contributed by atoms with Crippen molar-refractivity contribution >= 4 is 17.6 Å². The maximum absolute atomic E-state index is 12.2. The first-order valence-corrected chi connectivity index (χ1v) is 6.86. The molecule has 0 unspecified atom stereocenters. The Morgan fingerprint density at radius 3 is 2.25 bits per heavy atom. The Labute approximate surface area is 119 Å². The van der Waals surface area contributed by atoms with E-state index >= 15 is 0 Å². The van der Waals surface area contributed by atoms with Gasteiger partial charge in [0.05, 0.1) is 0 Å². The van der Waals surface area contributed by atoms with E-state index < -0.39 is 0 Å². The number of aryl methyl sites for hydroxylation is 1. The predicted molar refractivity (Wildman–Crippen MR) is 78.8 cm³/mol. The molecule has 20 heavy (non-hydrogen) atoms. The van der Waals surface area contributed by atoms with Gasteiger partial charge < -0.3 is 15.1 Å². The summed E-state index contributed by atoms with van der Waals surface area (Å²) in [6.45, 7) is 7.96. The molecule has 0 spiro atoms. The molecule has 0 bridgehead atoms. The fraction of sp³-hybridized carbons (Fsp3) is 0.467. The zero-order valence-corrected chi connectivity index (χ0v) is 12.3. The second-order valence-electron chi connectivity index (χ2n) is 5.17. The molecule has 0 radical (unpaired) electrons. The standard InChI is InChI=1S/C15H21N3O2/c1-11-5-4-6-14(12(11)2)16-15(20)18-9-7-17(8-10-18)13(3)19/h4-6H,7-10H2,1-3H3,(H,16,20). The molecule has 0 aromatic heterocycles. The van der Waals surface area contributed by atoms with Crippen molar-refractivity contribution in [2.24, 2.45) is 0 Å². The number of carbonyl (C=O) groups is 2. The van der Waals surface area contributed by atoms with Crippen LogP contribution in [0.4, 0.5) is 10.5 Å². The Morgan fingerprint density at radius 1 is 1.05 bits per heavy atom. The highest BCUT2D eigenvalue weighted by molar-refractivity contribution is 5.90. The van der Waals surface area contributed by atoms with E-state index in [1.807, 2.05) is 32.0 Å². The number of hydrogen-bond donors (Lipinski definition) is 1. The zero-order chi connectivity index (χ0) is 14.7. The third-order valence-electron chi connectivity index (χ3n) is 3.86. The van der Waals surface area contributed by atoms with Gasteiger partial charge in [0.25, 0.3) is 0 Å². The molecule has 1 fully saturated rings. The molecule has 5 nitrogen and oxygen atoms in total. The van der Waals surface area contributed by atoms with Crippen LogP contribution >= 0.6 is 0 Å². The summed E-state index contributed by atoms with van der Waals surface area (Å²) in [5.74, 6) is 0.0691. The lowest BCUT2D eigenvalue weighted by molar-refractivity contribution is -0.130. The van der Waals surface area contributed by atoms with Crippen molar-refractivity contribution in [1.82, 2.24) is 9.80 Å². The molecule has 108 valence electrons. The number of carbonyl (C=O) groups excluding carboxylic acids is 2. The highest BCUT2D eigenvalue weighted by Crippen LogP contribution is 2.18. The van der Waals surface area contributed by atoms with Crippen molar-refractivity contribution in [2.75, 3.05) is 31.5 Å². The Bertz CT molecular complexity index is 520. The van der Waals surface area contributed by atoms with Gasteiger partial charge in [-0.3, -0.25) is 4.79 Å². The number of hydrogen-bond acceptors (Lipinski definition) is 2. The summed E-state index contributed by atoms with van der Waals surface area (Å²) < 4.78 is 0. The Kier molecular flexibility index (Phi) is 4.27. The molecule has 0 atom stereocenters. The van der Waals surface area contributed by atoms with Crippen molar-refractivity contribution in [1.29, 1.82) is 0 Å². The average Bonchev–Trinajstić information content (AvgIpc) is 2.44. The molecule has 1 N–H and O–H groups in total. The van der Waals surface area contributed by atoms with E-state index in [9.17, 15) is 9.59 Å². The predicted octanol–water partition coefficient (Wildman–Crippen LogP) is 2.00. The minimum absolute atomic E-state index is 0.0691. The first kappa shape index (κ1) is 14.4. The van der Waals surface area contributed by atoms with Gasteiger partial charge in [-0.05, 0) is 31.0 Å². The van der Waals surface area contributed by atoms with Crippen molar-refractivity contribution in [3.8, 4) is 0 Å². The van der Waals surface area contributed by atoms with E-state index in [1.165, 1.54) is 0 Å².